The normalized spacial score (nSPS) is 12.9. The quantitative estimate of drug-likeness (QED) is 0.331. The Morgan fingerprint density at radius 1 is 1.00 bits per heavy atom. The lowest BCUT2D eigenvalue weighted by molar-refractivity contribution is -0.142. The van der Waals surface area contributed by atoms with E-state index < -0.39 is 30.9 Å². The fourth-order valence-corrected chi connectivity index (χ4v) is 3.67. The molecule has 0 spiro atoms. The first kappa shape index (κ1) is 20.3. The van der Waals surface area contributed by atoms with E-state index in [0.29, 0.717) is 12.1 Å². The summed E-state index contributed by atoms with van der Waals surface area (Å²) in [6.45, 7) is 3.15. The zero-order valence-corrected chi connectivity index (χ0v) is 17.1. The van der Waals surface area contributed by atoms with Crippen LogP contribution in [0.3, 0.4) is 0 Å². The Morgan fingerprint density at radius 3 is 2.29 bits per heavy atom. The maximum Gasteiger partial charge on any atom is 0.326 e. The van der Waals surface area contributed by atoms with E-state index in [1.54, 1.807) is 30.5 Å². The van der Waals surface area contributed by atoms with E-state index in [1.807, 2.05) is 24.5 Å². The molecular weight excluding hydrogens is 400 g/mol. The number of aryl methyl sites for hydroxylation is 1. The van der Waals surface area contributed by atoms with Crippen molar-refractivity contribution in [1.82, 2.24) is 9.47 Å². The van der Waals surface area contributed by atoms with Crippen LogP contribution >= 0.6 is 0 Å². The molecule has 0 fully saturated rings. The lowest BCUT2D eigenvalue weighted by atomic mass is 10.1. The van der Waals surface area contributed by atoms with Crippen molar-refractivity contribution in [1.29, 1.82) is 0 Å². The smallest absolute Gasteiger partial charge is 0.326 e. The minimum absolute atomic E-state index is 0.250. The van der Waals surface area contributed by atoms with E-state index in [4.69, 9.17) is 9.15 Å². The van der Waals surface area contributed by atoms with Crippen LogP contribution in [0.1, 0.15) is 48.2 Å². The van der Waals surface area contributed by atoms with E-state index in [0.717, 1.165) is 22.0 Å². The Hall–Kier alpha value is -3.94. The molecule has 1 aromatic carbocycles. The number of carbonyl (C=O) groups is 4. The van der Waals surface area contributed by atoms with Crippen LogP contribution in [0.2, 0.25) is 0 Å². The maximum absolute atomic E-state index is 12.6. The molecule has 31 heavy (non-hydrogen) atoms. The molecular formula is C23H20N2O6. The second kappa shape index (κ2) is 8.06. The molecule has 8 nitrogen and oxygen atoms in total. The number of furan rings is 1. The Bertz CT molecular complexity index is 1150. The average Bonchev–Trinajstić information content (AvgIpc) is 3.44. The number of rotatable bonds is 7. The molecule has 0 bridgehead atoms. The lowest BCUT2D eigenvalue weighted by Crippen LogP contribution is -2.36. The summed E-state index contributed by atoms with van der Waals surface area (Å²) in [6.07, 6.45) is 1.59. The van der Waals surface area contributed by atoms with Gasteiger partial charge < -0.3 is 13.7 Å². The Kier molecular flexibility index (Phi) is 5.29. The van der Waals surface area contributed by atoms with Gasteiger partial charge in [0, 0.05) is 17.0 Å². The molecule has 0 aliphatic carbocycles. The molecule has 3 heterocycles. The molecule has 0 saturated heterocycles. The summed E-state index contributed by atoms with van der Waals surface area (Å²) in [6, 6.07) is 11.7. The van der Waals surface area contributed by atoms with Crippen molar-refractivity contribution in [3.63, 3.8) is 0 Å². The summed E-state index contributed by atoms with van der Waals surface area (Å²) in [4.78, 5) is 50.3. The molecule has 3 aromatic rings. The van der Waals surface area contributed by atoms with Gasteiger partial charge in [0.05, 0.1) is 23.9 Å². The van der Waals surface area contributed by atoms with Crippen molar-refractivity contribution in [2.75, 3.05) is 13.2 Å². The third-order valence-electron chi connectivity index (χ3n) is 5.30. The molecule has 8 heteroatoms. The fourth-order valence-electron chi connectivity index (χ4n) is 3.67. The van der Waals surface area contributed by atoms with Gasteiger partial charge >= 0.3 is 5.97 Å². The monoisotopic (exact) mass is 420 g/mol. The SMILES string of the molecule is Cc1cc(C(=O)COC(=O)CN2C(=O)c3ccccc3C2=O)c(C)n1Cc1ccco1. The van der Waals surface area contributed by atoms with Crippen LogP contribution in [0.25, 0.3) is 0 Å². The average molecular weight is 420 g/mol. The van der Waals surface area contributed by atoms with E-state index in [-0.39, 0.29) is 16.9 Å². The van der Waals surface area contributed by atoms with Crippen molar-refractivity contribution in [3.8, 4) is 0 Å². The number of ether oxygens (including phenoxy) is 1. The number of nitrogens with zero attached hydrogens (tertiary/aromatic N) is 2. The van der Waals surface area contributed by atoms with Crippen molar-refractivity contribution in [2.24, 2.45) is 0 Å². The molecule has 1 aliphatic rings. The number of fused-ring (bicyclic) bond motifs is 1. The molecule has 1 aliphatic heterocycles. The summed E-state index contributed by atoms with van der Waals surface area (Å²) >= 11 is 0. The van der Waals surface area contributed by atoms with Gasteiger partial charge in [0.2, 0.25) is 5.78 Å². The zero-order chi connectivity index (χ0) is 22.1. The molecule has 0 radical (unpaired) electrons. The van der Waals surface area contributed by atoms with E-state index >= 15 is 0 Å². The van der Waals surface area contributed by atoms with Gasteiger partial charge in [-0.3, -0.25) is 24.1 Å². The lowest BCUT2D eigenvalue weighted by Gasteiger charge is -2.13. The first-order valence-electron chi connectivity index (χ1n) is 9.70. The van der Waals surface area contributed by atoms with Gasteiger partial charge in [-0.15, -0.1) is 0 Å². The first-order valence-corrected chi connectivity index (χ1v) is 9.70. The van der Waals surface area contributed by atoms with Gasteiger partial charge in [-0.2, -0.15) is 0 Å². The zero-order valence-electron chi connectivity index (χ0n) is 17.1. The number of esters is 1. The number of amides is 2. The van der Waals surface area contributed by atoms with Crippen molar-refractivity contribution in [2.45, 2.75) is 20.4 Å². The van der Waals surface area contributed by atoms with E-state index in [1.165, 1.54) is 12.1 Å². The predicted molar refractivity (Wildman–Crippen MR) is 109 cm³/mol. The van der Waals surface area contributed by atoms with E-state index in [9.17, 15) is 19.2 Å². The number of hydrogen-bond donors (Lipinski definition) is 0. The van der Waals surface area contributed by atoms with Crippen molar-refractivity contribution in [3.05, 3.63) is 82.6 Å². The standard InChI is InChI=1S/C23H20N2O6/c1-14-10-19(15(2)24(14)11-16-6-5-9-30-16)20(26)13-31-21(27)12-25-22(28)17-7-3-4-8-18(17)23(25)29/h3-10H,11-13H2,1-2H3. The van der Waals surface area contributed by atoms with Crippen LogP contribution in [0.5, 0.6) is 0 Å². The van der Waals surface area contributed by atoms with Crippen LogP contribution in [0.15, 0.2) is 53.1 Å². The Morgan fingerprint density at radius 2 is 1.68 bits per heavy atom. The number of Topliss-reactive ketones (excluding diaryl/α,β-unsaturated/α-hetero) is 1. The predicted octanol–water partition coefficient (Wildman–Crippen LogP) is 2.77. The van der Waals surface area contributed by atoms with Gasteiger partial charge in [0.25, 0.3) is 11.8 Å². The van der Waals surface area contributed by atoms with E-state index in [2.05, 4.69) is 0 Å². The van der Waals surface area contributed by atoms with Gasteiger partial charge in [0.1, 0.15) is 12.3 Å². The second-order valence-corrected chi connectivity index (χ2v) is 7.28. The molecule has 0 saturated carbocycles. The molecule has 2 aromatic heterocycles. The van der Waals surface area contributed by atoms with Gasteiger partial charge in [-0.05, 0) is 44.2 Å². The minimum atomic E-state index is -0.827. The highest BCUT2D eigenvalue weighted by Crippen LogP contribution is 2.22. The maximum atomic E-state index is 12.6. The van der Waals surface area contributed by atoms with Gasteiger partial charge in [-0.25, -0.2) is 0 Å². The topological polar surface area (TPSA) is 98.8 Å². The van der Waals surface area contributed by atoms with Crippen LogP contribution in [0, 0.1) is 13.8 Å². The number of carbonyl (C=O) groups excluding carboxylic acids is 4. The summed E-state index contributed by atoms with van der Waals surface area (Å²) in [5, 5.41) is 0. The second-order valence-electron chi connectivity index (χ2n) is 7.28. The highest BCUT2D eigenvalue weighted by molar-refractivity contribution is 6.22. The van der Waals surface area contributed by atoms with Gasteiger partial charge in [0.15, 0.2) is 6.61 Å². The number of aromatic nitrogens is 1. The molecule has 0 N–H and O–H groups in total. The van der Waals surface area contributed by atoms with Crippen LogP contribution in [-0.4, -0.2) is 46.2 Å². The summed E-state index contributed by atoms with van der Waals surface area (Å²) in [7, 11) is 0. The Balaban J connectivity index is 1.38. The summed E-state index contributed by atoms with van der Waals surface area (Å²) in [5.41, 5.74) is 2.54. The summed E-state index contributed by atoms with van der Waals surface area (Å²) in [5.74, 6) is -1.54. The number of ketones is 1. The third-order valence-corrected chi connectivity index (χ3v) is 5.30. The molecule has 0 atom stereocenters. The molecule has 0 unspecified atom stereocenters. The van der Waals surface area contributed by atoms with Crippen molar-refractivity contribution < 1.29 is 28.3 Å². The van der Waals surface area contributed by atoms with Crippen LogP contribution in [0.4, 0.5) is 0 Å². The molecule has 158 valence electrons. The van der Waals surface area contributed by atoms with Crippen LogP contribution < -0.4 is 0 Å². The number of hydrogen-bond acceptors (Lipinski definition) is 6. The van der Waals surface area contributed by atoms with Gasteiger partial charge in [-0.1, -0.05) is 12.1 Å². The molecule has 2 amide bonds. The first-order chi connectivity index (χ1) is 14.9. The Labute approximate surface area is 178 Å². The summed E-state index contributed by atoms with van der Waals surface area (Å²) < 4.78 is 12.4. The van der Waals surface area contributed by atoms with Crippen LogP contribution in [-0.2, 0) is 16.1 Å². The number of imide groups is 1. The fraction of sp³-hybridized carbons (Fsp3) is 0.217. The largest absolute Gasteiger partial charge is 0.467 e. The third kappa shape index (κ3) is 3.79. The minimum Gasteiger partial charge on any atom is -0.467 e. The highest BCUT2D eigenvalue weighted by atomic mass is 16.5. The van der Waals surface area contributed by atoms with Crippen molar-refractivity contribution >= 4 is 23.6 Å². The molecule has 4 rings (SSSR count). The number of benzene rings is 1. The highest BCUT2D eigenvalue weighted by Gasteiger charge is 2.36.